The Morgan fingerprint density at radius 1 is 1.11 bits per heavy atom. The normalized spacial score (nSPS) is 31.0. The predicted octanol–water partition coefficient (Wildman–Crippen LogP) is 0.768. The number of nitrogens with two attached hydrogens (primary N) is 1. The number of nitrogens with zero attached hydrogens (tertiary/aromatic N) is 2. The summed E-state index contributed by atoms with van der Waals surface area (Å²) in [6.07, 6.45) is 5.15. The molecule has 2 aliphatic rings. The maximum atomic E-state index is 5.97. The third-order valence-electron chi connectivity index (χ3n) is 5.02. The minimum Gasteiger partial charge on any atom is -0.381 e. The van der Waals surface area contributed by atoms with Crippen LogP contribution in [0.25, 0.3) is 0 Å². The monoisotopic (exact) mass is 255 g/mol. The van der Waals surface area contributed by atoms with Gasteiger partial charge in [-0.05, 0) is 46.8 Å². The molecule has 2 rings (SSSR count). The molecule has 0 aromatic heterocycles. The summed E-state index contributed by atoms with van der Waals surface area (Å²) in [7, 11) is 6.66. The lowest BCUT2D eigenvalue weighted by molar-refractivity contribution is 0.0148. The fourth-order valence-electron chi connectivity index (χ4n) is 3.46. The summed E-state index contributed by atoms with van der Waals surface area (Å²) in [5, 5.41) is 0. The molecule has 0 aromatic carbocycles. The maximum absolute atomic E-state index is 5.97. The Morgan fingerprint density at radius 3 is 2.22 bits per heavy atom. The number of likely N-dealkylation sites (N-methyl/N-ethyl adjacent to an activating group) is 2. The zero-order chi connectivity index (χ0) is 13.2. The highest BCUT2D eigenvalue weighted by Crippen LogP contribution is 2.37. The molecule has 2 N–H and O–H groups in total. The van der Waals surface area contributed by atoms with Gasteiger partial charge in [0.15, 0.2) is 0 Å². The van der Waals surface area contributed by atoms with Gasteiger partial charge in [-0.1, -0.05) is 0 Å². The summed E-state index contributed by atoms with van der Waals surface area (Å²) in [4.78, 5) is 4.88. The van der Waals surface area contributed by atoms with Gasteiger partial charge in [-0.3, -0.25) is 0 Å². The van der Waals surface area contributed by atoms with E-state index in [2.05, 4.69) is 30.9 Å². The van der Waals surface area contributed by atoms with E-state index in [4.69, 9.17) is 10.5 Å². The zero-order valence-corrected chi connectivity index (χ0v) is 12.2. The van der Waals surface area contributed by atoms with E-state index >= 15 is 0 Å². The Morgan fingerprint density at radius 2 is 1.83 bits per heavy atom. The Kier molecular flexibility index (Phi) is 4.32. The van der Waals surface area contributed by atoms with Crippen molar-refractivity contribution in [3.8, 4) is 0 Å². The molecule has 0 amide bonds. The highest BCUT2D eigenvalue weighted by Gasteiger charge is 2.42. The van der Waals surface area contributed by atoms with E-state index in [0.717, 1.165) is 39.3 Å². The molecule has 1 heterocycles. The van der Waals surface area contributed by atoms with E-state index in [9.17, 15) is 0 Å². The molecule has 0 spiro atoms. The molecule has 4 nitrogen and oxygen atoms in total. The van der Waals surface area contributed by atoms with Gasteiger partial charge < -0.3 is 20.3 Å². The first-order chi connectivity index (χ1) is 8.52. The minimum atomic E-state index is 0.200. The molecule has 1 unspecified atom stereocenters. The molecule has 106 valence electrons. The smallest absolute Gasteiger partial charge is 0.0547 e. The van der Waals surface area contributed by atoms with Crippen LogP contribution in [-0.2, 0) is 4.74 Å². The van der Waals surface area contributed by atoms with Crippen LogP contribution in [0, 0.1) is 5.41 Å². The Bertz CT molecular complexity index is 263. The van der Waals surface area contributed by atoms with Gasteiger partial charge >= 0.3 is 0 Å². The van der Waals surface area contributed by atoms with Crippen LogP contribution in [0.3, 0.4) is 0 Å². The van der Waals surface area contributed by atoms with Crippen LogP contribution in [0.5, 0.6) is 0 Å². The molecule has 2 fully saturated rings. The summed E-state index contributed by atoms with van der Waals surface area (Å²) < 4.78 is 5.55. The van der Waals surface area contributed by atoms with Crippen LogP contribution in [0.15, 0.2) is 0 Å². The van der Waals surface area contributed by atoms with Crippen LogP contribution in [-0.4, -0.2) is 69.3 Å². The van der Waals surface area contributed by atoms with E-state index in [1.54, 1.807) is 0 Å². The van der Waals surface area contributed by atoms with Gasteiger partial charge in [0, 0.05) is 37.2 Å². The summed E-state index contributed by atoms with van der Waals surface area (Å²) >= 11 is 0. The first kappa shape index (κ1) is 14.3. The fraction of sp³-hybridized carbons (Fsp3) is 1.00. The van der Waals surface area contributed by atoms with Gasteiger partial charge in [-0.25, -0.2) is 0 Å². The molecule has 1 aliphatic heterocycles. The molecule has 4 heteroatoms. The second-order valence-corrected chi connectivity index (χ2v) is 6.65. The molecule has 0 radical (unpaired) electrons. The van der Waals surface area contributed by atoms with E-state index < -0.39 is 0 Å². The Hall–Kier alpha value is -0.160. The topological polar surface area (TPSA) is 41.7 Å². The third-order valence-corrected chi connectivity index (χ3v) is 5.02. The summed E-state index contributed by atoms with van der Waals surface area (Å²) in [5.41, 5.74) is 6.58. The van der Waals surface area contributed by atoms with Gasteiger partial charge in [0.1, 0.15) is 0 Å². The first-order valence-electron chi connectivity index (χ1n) is 7.16. The van der Waals surface area contributed by atoms with Gasteiger partial charge in [-0.15, -0.1) is 0 Å². The van der Waals surface area contributed by atoms with Crippen LogP contribution in [0.4, 0.5) is 0 Å². The SMILES string of the molecule is CN(CC1(CN)CCOC1)CC1(N(C)C)CCC1. The van der Waals surface area contributed by atoms with Crippen LogP contribution in [0.1, 0.15) is 25.7 Å². The third kappa shape index (κ3) is 2.72. The number of hydrogen-bond acceptors (Lipinski definition) is 4. The van der Waals surface area contributed by atoms with Crippen molar-refractivity contribution in [2.75, 3.05) is 54.0 Å². The minimum absolute atomic E-state index is 0.200. The van der Waals surface area contributed by atoms with E-state index in [1.165, 1.54) is 19.3 Å². The maximum Gasteiger partial charge on any atom is 0.0547 e. The van der Waals surface area contributed by atoms with Gasteiger partial charge in [0.05, 0.1) is 6.61 Å². The quantitative estimate of drug-likeness (QED) is 0.761. The van der Waals surface area contributed by atoms with Crippen LogP contribution >= 0.6 is 0 Å². The van der Waals surface area contributed by atoms with Gasteiger partial charge in [0.25, 0.3) is 0 Å². The van der Waals surface area contributed by atoms with Crippen LogP contribution in [0.2, 0.25) is 0 Å². The Labute approximate surface area is 111 Å². The van der Waals surface area contributed by atoms with Crippen molar-refractivity contribution in [3.63, 3.8) is 0 Å². The highest BCUT2D eigenvalue weighted by atomic mass is 16.5. The van der Waals surface area contributed by atoms with E-state index in [1.807, 2.05) is 0 Å². The second-order valence-electron chi connectivity index (χ2n) is 6.65. The molecule has 1 aliphatic carbocycles. The standard InChI is InChI=1S/C14H29N3O/c1-16(2)14(5-4-6-14)11-17(3)10-13(9-15)7-8-18-12-13/h4-12,15H2,1-3H3. The first-order valence-corrected chi connectivity index (χ1v) is 7.16. The number of hydrogen-bond donors (Lipinski definition) is 1. The van der Waals surface area contributed by atoms with Gasteiger partial charge in [-0.2, -0.15) is 0 Å². The second kappa shape index (κ2) is 5.45. The summed E-state index contributed by atoms with van der Waals surface area (Å²) in [6, 6.07) is 0. The predicted molar refractivity (Wildman–Crippen MR) is 74.7 cm³/mol. The van der Waals surface area contributed by atoms with Crippen molar-refractivity contribution in [1.82, 2.24) is 9.80 Å². The van der Waals surface area contributed by atoms with Crippen molar-refractivity contribution < 1.29 is 4.74 Å². The van der Waals surface area contributed by atoms with Crippen LogP contribution < -0.4 is 5.73 Å². The van der Waals surface area contributed by atoms with Crippen molar-refractivity contribution in [3.05, 3.63) is 0 Å². The molecule has 0 bridgehead atoms. The van der Waals surface area contributed by atoms with Gasteiger partial charge in [0.2, 0.25) is 0 Å². The molecular weight excluding hydrogens is 226 g/mol. The molecule has 0 aromatic rings. The van der Waals surface area contributed by atoms with Crippen molar-refractivity contribution in [2.45, 2.75) is 31.2 Å². The average Bonchev–Trinajstić information content (AvgIpc) is 2.72. The summed E-state index contributed by atoms with van der Waals surface area (Å²) in [5.74, 6) is 0. The lowest BCUT2D eigenvalue weighted by atomic mass is 9.75. The Balaban J connectivity index is 1.89. The fourth-order valence-corrected chi connectivity index (χ4v) is 3.46. The number of ether oxygens (including phenoxy) is 1. The van der Waals surface area contributed by atoms with E-state index in [-0.39, 0.29) is 5.41 Å². The molecular formula is C14H29N3O. The molecule has 1 saturated heterocycles. The molecule has 1 saturated carbocycles. The summed E-state index contributed by atoms with van der Waals surface area (Å²) in [6.45, 7) is 4.68. The van der Waals surface area contributed by atoms with Crippen molar-refractivity contribution >= 4 is 0 Å². The number of rotatable bonds is 6. The molecule has 18 heavy (non-hydrogen) atoms. The van der Waals surface area contributed by atoms with Crippen molar-refractivity contribution in [1.29, 1.82) is 0 Å². The largest absolute Gasteiger partial charge is 0.381 e. The zero-order valence-electron chi connectivity index (χ0n) is 12.2. The average molecular weight is 255 g/mol. The highest BCUT2D eigenvalue weighted by molar-refractivity contribution is 4.99. The lowest BCUT2D eigenvalue weighted by Gasteiger charge is -2.50. The molecule has 1 atom stereocenters. The van der Waals surface area contributed by atoms with E-state index in [0.29, 0.717) is 5.54 Å². The lowest BCUT2D eigenvalue weighted by Crippen LogP contribution is -2.58. The van der Waals surface area contributed by atoms with Crippen molar-refractivity contribution in [2.24, 2.45) is 11.1 Å².